The van der Waals surface area contributed by atoms with Gasteiger partial charge in [-0.15, -0.1) is 5.10 Å². The molecule has 2 aliphatic heterocycles. The van der Waals surface area contributed by atoms with Gasteiger partial charge in [0.25, 0.3) is 5.91 Å². The number of fused-ring (bicyclic) bond motifs is 2. The first-order valence-electron chi connectivity index (χ1n) is 15.2. The van der Waals surface area contributed by atoms with Gasteiger partial charge in [0.15, 0.2) is 5.60 Å². The molecule has 8 nitrogen and oxygen atoms in total. The normalized spacial score (nSPS) is 23.5. The molecule has 11 heteroatoms. The van der Waals surface area contributed by atoms with Crippen molar-refractivity contribution < 1.29 is 23.5 Å². The number of carbonyl (C=O) groups is 1. The first kappa shape index (κ1) is 31.8. The van der Waals surface area contributed by atoms with Crippen molar-refractivity contribution in [3.63, 3.8) is 0 Å². The Morgan fingerprint density at radius 2 is 1.87 bits per heavy atom. The number of carbonyl (C=O) groups excluding carboxylic acids is 1. The van der Waals surface area contributed by atoms with E-state index in [1.165, 1.54) is 0 Å². The highest BCUT2D eigenvalue weighted by Gasteiger charge is 2.66. The molecule has 1 fully saturated rings. The molecule has 0 bridgehead atoms. The third-order valence-corrected chi connectivity index (χ3v) is 12.5. The van der Waals surface area contributed by atoms with Gasteiger partial charge in [0, 0.05) is 33.3 Å². The summed E-state index contributed by atoms with van der Waals surface area (Å²) in [5.41, 5.74) is 2.35. The molecular weight excluding hydrogens is 702 g/mol. The van der Waals surface area contributed by atoms with Crippen LogP contribution >= 0.6 is 22.6 Å². The predicted molar refractivity (Wildman–Crippen MR) is 181 cm³/mol. The topological polar surface area (TPSA) is 89.7 Å². The minimum atomic E-state index is -3.33. The monoisotopic (exact) mass is 740 g/mol. The molecule has 1 saturated heterocycles. The summed E-state index contributed by atoms with van der Waals surface area (Å²) in [4.78, 5) is 16.4. The molecule has 1 spiro atoms. The van der Waals surface area contributed by atoms with E-state index in [9.17, 15) is 9.90 Å². The number of aliphatic hydroxyl groups is 1. The summed E-state index contributed by atoms with van der Waals surface area (Å²) in [7, 11) is -1.73. The lowest BCUT2D eigenvalue weighted by Crippen LogP contribution is -2.45. The number of hydrogen-bond donors (Lipinski definition) is 1. The number of nitrogens with zero attached hydrogens (tertiary/aromatic N) is 4. The van der Waals surface area contributed by atoms with E-state index >= 15 is 4.11 Å². The van der Waals surface area contributed by atoms with Crippen molar-refractivity contribution in [1.29, 1.82) is 0 Å². The Morgan fingerprint density at radius 3 is 2.53 bits per heavy atom. The van der Waals surface area contributed by atoms with Crippen LogP contribution in [0, 0.1) is 9.49 Å². The number of benzene rings is 3. The van der Waals surface area contributed by atoms with Crippen LogP contribution in [0.1, 0.15) is 41.6 Å². The molecule has 45 heavy (non-hydrogen) atoms. The summed E-state index contributed by atoms with van der Waals surface area (Å²) in [5, 5.41) is 18.8. The average molecular weight is 741 g/mol. The quantitative estimate of drug-likeness (QED) is 0.115. The summed E-state index contributed by atoms with van der Waals surface area (Å²) in [5.74, 6) is -0.245. The van der Waals surface area contributed by atoms with Crippen LogP contribution in [0.3, 0.4) is 0 Å². The molecule has 6 rings (SSSR count). The Morgan fingerprint density at radius 1 is 1.13 bits per heavy atom. The SMILES string of the molecule is COc1ccc2c(c1)[C@@]1(O[C@H](CCn3cc(C(CO)c4ccccc4)nn3)[C@@H]([Si](C)(C)F)[C@@H]1C)C(=O)N2Cc1ccc(I)cc1. The smallest absolute Gasteiger partial charge is 0.264 e. The number of aliphatic hydroxyl groups excluding tert-OH is 1. The maximum atomic E-state index is 16.3. The molecule has 0 radical (unpaired) electrons. The van der Waals surface area contributed by atoms with Crippen molar-refractivity contribution in [2.45, 2.75) is 62.7 Å². The zero-order valence-corrected chi connectivity index (χ0v) is 29.0. The summed E-state index contributed by atoms with van der Waals surface area (Å²) >= 11 is 2.27. The first-order valence-corrected chi connectivity index (χ1v) is 19.3. The molecule has 236 valence electrons. The van der Waals surface area contributed by atoms with Crippen LogP contribution in [0.5, 0.6) is 5.75 Å². The lowest BCUT2D eigenvalue weighted by Gasteiger charge is -2.31. The molecule has 2 aliphatic rings. The van der Waals surface area contributed by atoms with Crippen LogP contribution in [-0.4, -0.2) is 54.2 Å². The van der Waals surface area contributed by atoms with Crippen molar-refractivity contribution in [3.05, 3.63) is 105 Å². The van der Waals surface area contributed by atoms with Crippen LogP contribution in [0.2, 0.25) is 18.6 Å². The van der Waals surface area contributed by atoms with Gasteiger partial charge < -0.3 is 23.6 Å². The highest BCUT2D eigenvalue weighted by Crippen LogP contribution is 2.60. The van der Waals surface area contributed by atoms with Gasteiger partial charge in [-0.1, -0.05) is 54.6 Å². The van der Waals surface area contributed by atoms with Crippen molar-refractivity contribution in [3.8, 4) is 5.75 Å². The van der Waals surface area contributed by atoms with E-state index in [2.05, 4.69) is 32.9 Å². The number of methoxy groups -OCH3 is 1. The van der Waals surface area contributed by atoms with E-state index in [1.54, 1.807) is 29.8 Å². The van der Waals surface area contributed by atoms with Gasteiger partial charge in [-0.25, -0.2) is 0 Å². The molecule has 0 saturated carbocycles. The number of ether oxygens (including phenoxy) is 2. The molecule has 1 N–H and O–H groups in total. The van der Waals surface area contributed by atoms with E-state index in [0.717, 1.165) is 25.9 Å². The highest BCUT2D eigenvalue weighted by molar-refractivity contribution is 14.1. The molecule has 1 unspecified atom stereocenters. The standard InChI is InChI=1S/C34H38FIN4O4Si/c1-22-32(45(3,4)35)31(16-17-39-20-29(37-38-39)27(21-41)24-8-6-5-7-9-24)44-34(22)28-18-26(43-2)14-15-30(28)40(33(34)42)19-23-10-12-25(36)13-11-23/h5-15,18,20,22,27,31-32,41H,16-17,19,21H2,1-4H3/t22-,27?,31+,32-,34+/m0/s1. The van der Waals surface area contributed by atoms with Gasteiger partial charge in [0.1, 0.15) is 5.75 Å². The number of anilines is 1. The molecular formula is C34H38FIN4O4Si. The van der Waals surface area contributed by atoms with E-state index in [0.29, 0.717) is 31.0 Å². The van der Waals surface area contributed by atoms with Crippen LogP contribution in [0.15, 0.2) is 79.0 Å². The zero-order chi connectivity index (χ0) is 31.9. The van der Waals surface area contributed by atoms with Crippen molar-refractivity contribution in [2.75, 3.05) is 18.6 Å². The minimum Gasteiger partial charge on any atom is -0.497 e. The summed E-state index contributed by atoms with van der Waals surface area (Å²) < 4.78 is 31.6. The summed E-state index contributed by atoms with van der Waals surface area (Å²) in [6.07, 6.45) is 1.78. The average Bonchev–Trinajstić information content (AvgIpc) is 3.68. The largest absolute Gasteiger partial charge is 0.497 e. The molecule has 3 aromatic carbocycles. The molecule has 1 aromatic heterocycles. The Hall–Kier alpha value is -3.13. The van der Waals surface area contributed by atoms with E-state index in [1.807, 2.05) is 85.9 Å². The van der Waals surface area contributed by atoms with E-state index in [-0.39, 0.29) is 18.4 Å². The lowest BCUT2D eigenvalue weighted by molar-refractivity contribution is -0.146. The van der Waals surface area contributed by atoms with Crippen LogP contribution in [-0.2, 0) is 28.2 Å². The number of aryl methyl sites for hydroxylation is 1. The number of rotatable bonds is 10. The van der Waals surface area contributed by atoms with Gasteiger partial charge in [-0.2, -0.15) is 0 Å². The fourth-order valence-electron chi connectivity index (χ4n) is 7.25. The van der Waals surface area contributed by atoms with Gasteiger partial charge in [0.05, 0.1) is 43.7 Å². The second-order valence-corrected chi connectivity index (χ2v) is 17.6. The number of hydrogen-bond acceptors (Lipinski definition) is 6. The van der Waals surface area contributed by atoms with Gasteiger partial charge in [-0.3, -0.25) is 9.48 Å². The maximum absolute atomic E-state index is 16.3. The molecule has 0 aliphatic carbocycles. The number of halogens is 2. The van der Waals surface area contributed by atoms with Gasteiger partial charge in [0.2, 0.25) is 8.41 Å². The number of amides is 1. The third kappa shape index (κ3) is 5.83. The number of aromatic nitrogens is 3. The Bertz CT molecular complexity index is 1660. The van der Waals surface area contributed by atoms with Crippen LogP contribution in [0.4, 0.5) is 9.80 Å². The third-order valence-electron chi connectivity index (χ3n) is 9.36. The fraction of sp³-hybridized carbons (Fsp3) is 0.382. The summed E-state index contributed by atoms with van der Waals surface area (Å²) in [6.45, 7) is 6.10. The van der Waals surface area contributed by atoms with Gasteiger partial charge in [-0.05, 0) is 83.6 Å². The highest BCUT2D eigenvalue weighted by atomic mass is 127. The van der Waals surface area contributed by atoms with Crippen LogP contribution in [0.25, 0.3) is 0 Å². The summed E-state index contributed by atoms with van der Waals surface area (Å²) in [6, 6.07) is 23.4. The van der Waals surface area contributed by atoms with Crippen molar-refractivity contribution in [2.24, 2.45) is 5.92 Å². The fourth-order valence-corrected chi connectivity index (χ4v) is 10.2. The van der Waals surface area contributed by atoms with E-state index in [4.69, 9.17) is 9.47 Å². The second kappa shape index (κ2) is 12.6. The van der Waals surface area contributed by atoms with E-state index < -0.39 is 31.6 Å². The lowest BCUT2D eigenvalue weighted by atomic mass is 9.82. The molecule has 4 aromatic rings. The molecule has 5 atom stereocenters. The second-order valence-electron chi connectivity index (χ2n) is 12.5. The predicted octanol–water partition coefficient (Wildman–Crippen LogP) is 6.43. The minimum absolute atomic E-state index is 0.0953. The Balaban J connectivity index is 1.31. The first-order chi connectivity index (χ1) is 21.6. The molecule has 1 amide bonds. The maximum Gasteiger partial charge on any atom is 0.264 e. The van der Waals surface area contributed by atoms with Crippen LogP contribution < -0.4 is 9.64 Å². The van der Waals surface area contributed by atoms with Gasteiger partial charge >= 0.3 is 0 Å². The molecule has 3 heterocycles. The van der Waals surface area contributed by atoms with Crippen molar-refractivity contribution >= 4 is 42.6 Å². The Labute approximate surface area is 277 Å². The Kier molecular flexibility index (Phi) is 8.90. The zero-order valence-electron chi connectivity index (χ0n) is 25.9. The van der Waals surface area contributed by atoms with Crippen molar-refractivity contribution in [1.82, 2.24) is 15.0 Å².